The minimum atomic E-state index is -0.333. The van der Waals surface area contributed by atoms with Crippen molar-refractivity contribution in [2.45, 2.75) is 13.8 Å². The summed E-state index contributed by atoms with van der Waals surface area (Å²) in [5.41, 5.74) is 3.64. The molecule has 110 valence electrons. The van der Waals surface area contributed by atoms with Crippen molar-refractivity contribution in [3.05, 3.63) is 54.2 Å². The van der Waals surface area contributed by atoms with Crippen LogP contribution in [0.3, 0.4) is 0 Å². The Morgan fingerprint density at radius 3 is 2.68 bits per heavy atom. The lowest BCUT2D eigenvalue weighted by atomic mass is 9.99. The number of pyridine rings is 1. The van der Waals surface area contributed by atoms with Gasteiger partial charge in [-0.15, -0.1) is 0 Å². The maximum Gasteiger partial charge on any atom is 0.308 e. The number of hydrogen-bond donors (Lipinski definition) is 1. The number of phenolic OH excluding ortho intramolecular Hbond substituents is 1. The van der Waals surface area contributed by atoms with Crippen LogP contribution in [-0.2, 0) is 4.79 Å². The Morgan fingerprint density at radius 1 is 1.14 bits per heavy atom. The first-order chi connectivity index (χ1) is 10.5. The Morgan fingerprint density at radius 2 is 1.95 bits per heavy atom. The molecule has 0 amide bonds. The summed E-state index contributed by atoms with van der Waals surface area (Å²) in [6.45, 7) is 3.28. The van der Waals surface area contributed by atoms with Crippen molar-refractivity contribution in [1.82, 2.24) is 4.98 Å². The minimum absolute atomic E-state index is 0.193. The molecule has 0 atom stereocenters. The summed E-state index contributed by atoms with van der Waals surface area (Å²) in [5.74, 6) is 0.423. The molecule has 0 spiro atoms. The number of aryl methyl sites for hydroxylation is 1. The van der Waals surface area contributed by atoms with Crippen LogP contribution < -0.4 is 4.74 Å². The largest absolute Gasteiger partial charge is 0.508 e. The number of esters is 1. The van der Waals surface area contributed by atoms with E-state index in [4.69, 9.17) is 4.74 Å². The predicted octanol–water partition coefficient (Wildman–Crippen LogP) is 3.84. The lowest BCUT2D eigenvalue weighted by molar-refractivity contribution is -0.131. The van der Waals surface area contributed by atoms with Crippen molar-refractivity contribution in [2.24, 2.45) is 0 Å². The van der Waals surface area contributed by atoms with Crippen molar-refractivity contribution < 1.29 is 14.6 Å². The number of fused-ring (bicyclic) bond motifs is 1. The summed E-state index contributed by atoms with van der Waals surface area (Å²) in [5, 5.41) is 10.5. The molecule has 0 bridgehead atoms. The van der Waals surface area contributed by atoms with Crippen LogP contribution in [0.5, 0.6) is 11.5 Å². The molecule has 3 aromatic rings. The van der Waals surface area contributed by atoms with Crippen LogP contribution in [0.15, 0.2) is 48.7 Å². The van der Waals surface area contributed by atoms with E-state index in [9.17, 15) is 9.90 Å². The van der Waals surface area contributed by atoms with Gasteiger partial charge in [0.1, 0.15) is 11.5 Å². The second-order valence-electron chi connectivity index (χ2n) is 5.13. The van der Waals surface area contributed by atoms with E-state index >= 15 is 0 Å². The fourth-order valence-electron chi connectivity index (χ4n) is 2.47. The number of nitrogens with zero attached hydrogens (tertiary/aromatic N) is 1. The third-order valence-corrected chi connectivity index (χ3v) is 3.47. The highest BCUT2D eigenvalue weighted by Gasteiger charge is 2.08. The second kappa shape index (κ2) is 5.48. The molecule has 1 heterocycles. The van der Waals surface area contributed by atoms with E-state index in [0.717, 1.165) is 27.6 Å². The van der Waals surface area contributed by atoms with E-state index in [1.54, 1.807) is 24.4 Å². The Hall–Kier alpha value is -2.88. The van der Waals surface area contributed by atoms with Gasteiger partial charge in [0.25, 0.3) is 0 Å². The highest BCUT2D eigenvalue weighted by molar-refractivity contribution is 5.95. The Kier molecular flexibility index (Phi) is 3.51. The molecule has 22 heavy (non-hydrogen) atoms. The number of carbonyl (C=O) groups excluding carboxylic acids is 1. The monoisotopic (exact) mass is 293 g/mol. The van der Waals surface area contributed by atoms with Gasteiger partial charge in [0.2, 0.25) is 0 Å². The van der Waals surface area contributed by atoms with Crippen molar-refractivity contribution >= 4 is 16.9 Å². The third kappa shape index (κ3) is 2.63. The number of benzene rings is 2. The summed E-state index contributed by atoms with van der Waals surface area (Å²) >= 11 is 0. The van der Waals surface area contributed by atoms with Crippen LogP contribution in [0.25, 0.3) is 22.0 Å². The number of carbonyl (C=O) groups is 1. The predicted molar refractivity (Wildman–Crippen MR) is 84.9 cm³/mol. The zero-order chi connectivity index (χ0) is 15.7. The first-order valence-electron chi connectivity index (χ1n) is 6.92. The fraction of sp³-hybridized carbons (Fsp3) is 0.111. The van der Waals surface area contributed by atoms with E-state index in [-0.39, 0.29) is 11.7 Å². The topological polar surface area (TPSA) is 59.4 Å². The SMILES string of the molecule is CC(=O)Oc1ccc(-c2ccnc3cc(O)ccc23)cc1C. The number of rotatable bonds is 2. The lowest BCUT2D eigenvalue weighted by Gasteiger charge is -2.10. The number of phenols is 1. The van der Waals surface area contributed by atoms with Crippen molar-refractivity contribution in [1.29, 1.82) is 0 Å². The molecule has 0 aliphatic rings. The molecule has 0 radical (unpaired) electrons. The van der Waals surface area contributed by atoms with Crippen molar-refractivity contribution in [2.75, 3.05) is 0 Å². The maximum absolute atomic E-state index is 11.1. The Labute approximate surface area is 128 Å². The highest BCUT2D eigenvalue weighted by atomic mass is 16.5. The molecule has 1 aromatic heterocycles. The lowest BCUT2D eigenvalue weighted by Crippen LogP contribution is -2.02. The molecular weight excluding hydrogens is 278 g/mol. The molecule has 0 fully saturated rings. The van der Waals surface area contributed by atoms with E-state index in [2.05, 4.69) is 4.98 Å². The summed E-state index contributed by atoms with van der Waals surface area (Å²) in [6, 6.07) is 12.7. The van der Waals surface area contributed by atoms with Crippen LogP contribution in [-0.4, -0.2) is 16.1 Å². The van der Waals surface area contributed by atoms with E-state index < -0.39 is 0 Å². The number of aromatic hydroxyl groups is 1. The van der Waals surface area contributed by atoms with Crippen LogP contribution in [0.4, 0.5) is 0 Å². The molecule has 4 nitrogen and oxygen atoms in total. The van der Waals surface area contributed by atoms with Gasteiger partial charge in [-0.25, -0.2) is 0 Å². The summed E-state index contributed by atoms with van der Waals surface area (Å²) in [4.78, 5) is 15.4. The van der Waals surface area contributed by atoms with Gasteiger partial charge in [-0.2, -0.15) is 0 Å². The van der Waals surface area contributed by atoms with Crippen molar-refractivity contribution in [3.8, 4) is 22.6 Å². The molecule has 1 N–H and O–H groups in total. The second-order valence-corrected chi connectivity index (χ2v) is 5.13. The van der Waals surface area contributed by atoms with E-state index in [0.29, 0.717) is 5.75 Å². The van der Waals surface area contributed by atoms with Gasteiger partial charge in [0.15, 0.2) is 0 Å². The van der Waals surface area contributed by atoms with Gasteiger partial charge in [0, 0.05) is 24.6 Å². The zero-order valence-electron chi connectivity index (χ0n) is 12.3. The smallest absolute Gasteiger partial charge is 0.308 e. The van der Waals surface area contributed by atoms with Gasteiger partial charge in [-0.3, -0.25) is 9.78 Å². The Balaban J connectivity index is 2.12. The first-order valence-corrected chi connectivity index (χ1v) is 6.92. The molecule has 4 heteroatoms. The summed E-state index contributed by atoms with van der Waals surface area (Å²) in [6.07, 6.45) is 1.71. The Bertz CT molecular complexity index is 871. The van der Waals surface area contributed by atoms with Gasteiger partial charge in [-0.1, -0.05) is 6.07 Å². The fourth-order valence-corrected chi connectivity index (χ4v) is 2.47. The van der Waals surface area contributed by atoms with Gasteiger partial charge >= 0.3 is 5.97 Å². The number of aromatic nitrogens is 1. The van der Waals surface area contributed by atoms with Crippen molar-refractivity contribution in [3.63, 3.8) is 0 Å². The molecule has 0 aliphatic heterocycles. The van der Waals surface area contributed by atoms with E-state index in [1.165, 1.54) is 6.92 Å². The maximum atomic E-state index is 11.1. The van der Waals surface area contributed by atoms with Gasteiger partial charge in [-0.05, 0) is 53.9 Å². The third-order valence-electron chi connectivity index (χ3n) is 3.47. The van der Waals surface area contributed by atoms with Gasteiger partial charge in [0.05, 0.1) is 5.52 Å². The average Bonchev–Trinajstić information content (AvgIpc) is 2.48. The molecule has 0 aliphatic carbocycles. The minimum Gasteiger partial charge on any atom is -0.508 e. The standard InChI is InChI=1S/C18H15NO3/c1-11-9-13(3-6-18(11)22-12(2)20)15-7-8-19-17-10-14(21)4-5-16(15)17/h3-10,21H,1-2H3. The van der Waals surface area contributed by atoms with E-state index in [1.807, 2.05) is 31.2 Å². The summed E-state index contributed by atoms with van der Waals surface area (Å²) < 4.78 is 5.15. The zero-order valence-corrected chi connectivity index (χ0v) is 12.3. The van der Waals surface area contributed by atoms with Gasteiger partial charge < -0.3 is 9.84 Å². The molecule has 0 unspecified atom stereocenters. The molecule has 3 rings (SSSR count). The quantitative estimate of drug-likeness (QED) is 0.576. The molecule has 2 aromatic carbocycles. The normalized spacial score (nSPS) is 10.6. The van der Waals surface area contributed by atoms with Crippen LogP contribution >= 0.6 is 0 Å². The molecular formula is C18H15NO3. The van der Waals surface area contributed by atoms with Crippen LogP contribution in [0.2, 0.25) is 0 Å². The molecule has 0 saturated carbocycles. The van der Waals surface area contributed by atoms with Crippen LogP contribution in [0.1, 0.15) is 12.5 Å². The van der Waals surface area contributed by atoms with Crippen LogP contribution in [0, 0.1) is 6.92 Å². The highest BCUT2D eigenvalue weighted by Crippen LogP contribution is 2.32. The summed E-state index contributed by atoms with van der Waals surface area (Å²) in [7, 11) is 0. The first kappa shape index (κ1) is 14.1. The number of hydrogen-bond acceptors (Lipinski definition) is 4. The number of ether oxygens (including phenoxy) is 1. The average molecular weight is 293 g/mol. The molecule has 0 saturated heterocycles.